The highest BCUT2D eigenvalue weighted by Gasteiger charge is 2.30. The van der Waals surface area contributed by atoms with Gasteiger partial charge in [-0.2, -0.15) is 26.3 Å². The number of alkyl halides is 6. The maximum absolute atomic E-state index is 12.9. The topological polar surface area (TPSA) is 53.1 Å². The molecule has 0 radical (unpaired) electrons. The molecule has 2 aromatic carbocycles. The van der Waals surface area contributed by atoms with E-state index in [1.807, 2.05) is 0 Å². The minimum atomic E-state index is -4.49. The number of aromatic amines is 2. The molecule has 0 saturated heterocycles. The maximum Gasteiger partial charge on any atom is 0.416 e. The standard InChI is InChI=1S/C24H17F6N3O/c1-14-2-3-17(15-4-8-18(9-5-15)23(25,26)27)12-21-31-20(13-22(34)33(21)32-14)16-6-10-19(11-7-16)24(28,29)30/h2-13,31-32H,1H3. The van der Waals surface area contributed by atoms with Crippen LogP contribution in [0.4, 0.5) is 26.3 Å². The molecule has 0 atom stereocenters. The van der Waals surface area contributed by atoms with Gasteiger partial charge in [0, 0.05) is 11.8 Å². The fraction of sp³-hybridized carbons (Fsp3) is 0.125. The van der Waals surface area contributed by atoms with Crippen molar-refractivity contribution < 1.29 is 26.3 Å². The molecule has 0 fully saturated rings. The minimum Gasteiger partial charge on any atom is -0.339 e. The molecule has 0 spiro atoms. The number of nitrogens with zero attached hydrogens (tertiary/aromatic N) is 1. The van der Waals surface area contributed by atoms with Crippen LogP contribution in [0.2, 0.25) is 0 Å². The molecule has 2 aromatic heterocycles. The molecule has 4 nitrogen and oxygen atoms in total. The number of nitrogens with one attached hydrogen (secondary N) is 2. The summed E-state index contributed by atoms with van der Waals surface area (Å²) in [6, 6.07) is 15.1. The Kier molecular flexibility index (Phi) is 5.76. The van der Waals surface area contributed by atoms with Crippen LogP contribution in [0.3, 0.4) is 0 Å². The van der Waals surface area contributed by atoms with Crippen LogP contribution in [0.5, 0.6) is 0 Å². The van der Waals surface area contributed by atoms with Gasteiger partial charge in [0.15, 0.2) is 0 Å². The first-order chi connectivity index (χ1) is 15.9. The van der Waals surface area contributed by atoms with Crippen LogP contribution in [0.15, 0.2) is 77.6 Å². The summed E-state index contributed by atoms with van der Waals surface area (Å²) in [5.74, 6) is 0. The second kappa shape index (κ2) is 8.44. The summed E-state index contributed by atoms with van der Waals surface area (Å²) in [5.41, 5.74) is 0.367. The van der Waals surface area contributed by atoms with Gasteiger partial charge >= 0.3 is 12.4 Å². The van der Waals surface area contributed by atoms with Gasteiger partial charge in [-0.3, -0.25) is 9.89 Å². The molecule has 0 aliphatic carbocycles. The lowest BCUT2D eigenvalue weighted by molar-refractivity contribution is -0.138. The highest BCUT2D eigenvalue weighted by Crippen LogP contribution is 2.32. The Balaban J connectivity index is 1.88. The van der Waals surface area contributed by atoms with E-state index in [4.69, 9.17) is 0 Å². The molecule has 2 heterocycles. The number of fused-ring (bicyclic) bond motifs is 1. The minimum absolute atomic E-state index is 0.251. The summed E-state index contributed by atoms with van der Waals surface area (Å²) in [6.07, 6.45) is -8.96. The van der Waals surface area contributed by atoms with Gasteiger partial charge in [-0.15, -0.1) is 0 Å². The zero-order valence-electron chi connectivity index (χ0n) is 17.6. The van der Waals surface area contributed by atoms with E-state index in [-0.39, 0.29) is 11.3 Å². The molecule has 0 bridgehead atoms. The Bertz CT molecular complexity index is 1440. The third-order valence-electron chi connectivity index (χ3n) is 5.15. The van der Waals surface area contributed by atoms with Crippen LogP contribution in [0.25, 0.3) is 28.0 Å². The van der Waals surface area contributed by atoms with E-state index in [0.29, 0.717) is 22.4 Å². The van der Waals surface area contributed by atoms with E-state index in [9.17, 15) is 31.1 Å². The van der Waals surface area contributed by atoms with E-state index in [1.54, 1.807) is 25.1 Å². The van der Waals surface area contributed by atoms with E-state index in [0.717, 1.165) is 24.3 Å². The molecule has 176 valence electrons. The molecule has 4 aromatic rings. The smallest absolute Gasteiger partial charge is 0.339 e. The average Bonchev–Trinajstić information content (AvgIpc) is 2.76. The van der Waals surface area contributed by atoms with Gasteiger partial charge in [0.05, 0.1) is 16.8 Å². The molecule has 34 heavy (non-hydrogen) atoms. The highest BCUT2D eigenvalue weighted by atomic mass is 19.4. The lowest BCUT2D eigenvalue weighted by atomic mass is 10.0. The Morgan fingerprint density at radius 1 is 0.676 bits per heavy atom. The van der Waals surface area contributed by atoms with Crippen molar-refractivity contribution in [1.29, 1.82) is 0 Å². The zero-order chi connectivity index (χ0) is 24.7. The lowest BCUT2D eigenvalue weighted by Gasteiger charge is -2.10. The third-order valence-corrected chi connectivity index (χ3v) is 5.15. The molecule has 0 saturated carbocycles. The van der Waals surface area contributed by atoms with Crippen molar-refractivity contribution in [3.63, 3.8) is 0 Å². The zero-order valence-corrected chi connectivity index (χ0v) is 17.6. The fourth-order valence-corrected chi connectivity index (χ4v) is 3.40. The number of rotatable bonds is 2. The summed E-state index contributed by atoms with van der Waals surface area (Å²) < 4.78 is 78.6. The predicted molar refractivity (Wildman–Crippen MR) is 116 cm³/mol. The van der Waals surface area contributed by atoms with E-state index < -0.39 is 29.0 Å². The summed E-state index contributed by atoms with van der Waals surface area (Å²) in [6.45, 7) is 1.70. The highest BCUT2D eigenvalue weighted by molar-refractivity contribution is 5.68. The molecular weight excluding hydrogens is 460 g/mol. The number of aryl methyl sites for hydroxylation is 1. The number of benzene rings is 2. The normalized spacial score (nSPS) is 12.1. The van der Waals surface area contributed by atoms with Crippen molar-refractivity contribution >= 4 is 5.65 Å². The van der Waals surface area contributed by atoms with Gasteiger partial charge < -0.3 is 4.98 Å². The van der Waals surface area contributed by atoms with Crippen molar-refractivity contribution in [2.24, 2.45) is 0 Å². The predicted octanol–water partition coefficient (Wildman–Crippen LogP) is 6.76. The van der Waals surface area contributed by atoms with Crippen LogP contribution in [-0.4, -0.2) is 14.6 Å². The van der Waals surface area contributed by atoms with Crippen LogP contribution < -0.4 is 5.56 Å². The van der Waals surface area contributed by atoms with Gasteiger partial charge in [0.25, 0.3) is 5.56 Å². The Morgan fingerprint density at radius 3 is 1.71 bits per heavy atom. The van der Waals surface area contributed by atoms with Crippen LogP contribution >= 0.6 is 0 Å². The quantitative estimate of drug-likeness (QED) is 0.308. The summed E-state index contributed by atoms with van der Waals surface area (Å²) >= 11 is 0. The molecule has 2 N–H and O–H groups in total. The Labute approximate surface area is 188 Å². The molecular formula is C24H17F6N3O. The van der Waals surface area contributed by atoms with E-state index in [1.165, 1.54) is 34.8 Å². The molecule has 10 heteroatoms. The van der Waals surface area contributed by atoms with Gasteiger partial charge in [-0.05, 0) is 60.0 Å². The van der Waals surface area contributed by atoms with Crippen LogP contribution in [-0.2, 0) is 12.4 Å². The maximum atomic E-state index is 12.9. The molecule has 0 amide bonds. The molecule has 0 aliphatic heterocycles. The average molecular weight is 477 g/mol. The number of hydrogen-bond donors (Lipinski definition) is 2. The van der Waals surface area contributed by atoms with Crippen molar-refractivity contribution in [3.05, 3.63) is 100.0 Å². The van der Waals surface area contributed by atoms with Crippen molar-refractivity contribution in [2.45, 2.75) is 19.3 Å². The van der Waals surface area contributed by atoms with Crippen LogP contribution in [0, 0.1) is 6.92 Å². The first-order valence-electron chi connectivity index (χ1n) is 9.97. The second-order valence-electron chi connectivity index (χ2n) is 7.62. The SMILES string of the molecule is Cc1ccc(-c2ccc(C(F)(F)F)cc2)cc2[nH]c(-c3ccc(C(F)(F)F)cc3)cc(=O)n2[nH]1. The largest absolute Gasteiger partial charge is 0.416 e. The van der Waals surface area contributed by atoms with E-state index in [2.05, 4.69) is 10.1 Å². The summed E-state index contributed by atoms with van der Waals surface area (Å²) in [7, 11) is 0. The first kappa shape index (κ1) is 23.2. The monoisotopic (exact) mass is 477 g/mol. The lowest BCUT2D eigenvalue weighted by Crippen LogP contribution is -2.17. The van der Waals surface area contributed by atoms with Crippen molar-refractivity contribution in [3.8, 4) is 22.4 Å². The summed E-state index contributed by atoms with van der Waals surface area (Å²) in [4.78, 5) is 15.8. The second-order valence-corrected chi connectivity index (χ2v) is 7.62. The van der Waals surface area contributed by atoms with Crippen molar-refractivity contribution in [1.82, 2.24) is 14.6 Å². The van der Waals surface area contributed by atoms with Crippen LogP contribution in [0.1, 0.15) is 16.8 Å². The number of halogens is 6. The number of H-pyrrole nitrogens is 2. The summed E-state index contributed by atoms with van der Waals surface area (Å²) in [5, 5.41) is 2.90. The molecule has 0 unspecified atom stereocenters. The Hall–Kier alpha value is -3.95. The Morgan fingerprint density at radius 2 is 1.18 bits per heavy atom. The van der Waals surface area contributed by atoms with Gasteiger partial charge in [0.1, 0.15) is 5.65 Å². The fourth-order valence-electron chi connectivity index (χ4n) is 3.40. The first-order valence-corrected chi connectivity index (χ1v) is 9.97. The van der Waals surface area contributed by atoms with Gasteiger partial charge in [-0.25, -0.2) is 4.52 Å². The number of aromatic nitrogens is 3. The van der Waals surface area contributed by atoms with Gasteiger partial charge in [-0.1, -0.05) is 30.3 Å². The molecule has 4 rings (SSSR count). The van der Waals surface area contributed by atoms with Crippen molar-refractivity contribution in [2.75, 3.05) is 0 Å². The molecule has 0 aliphatic rings. The third kappa shape index (κ3) is 4.85. The van der Waals surface area contributed by atoms with Gasteiger partial charge in [0.2, 0.25) is 0 Å². The number of hydrogen-bond acceptors (Lipinski definition) is 1. The van der Waals surface area contributed by atoms with E-state index >= 15 is 0 Å².